The Morgan fingerprint density at radius 1 is 1.41 bits per heavy atom. The summed E-state index contributed by atoms with van der Waals surface area (Å²) in [4.78, 5) is 1.03. The van der Waals surface area contributed by atoms with Crippen molar-refractivity contribution in [3.05, 3.63) is 50.4 Å². The molecule has 0 aliphatic rings. The molecule has 2 rings (SSSR count). The predicted molar refractivity (Wildman–Crippen MR) is 72.3 cm³/mol. The van der Waals surface area contributed by atoms with Gasteiger partial charge in [0.05, 0.1) is 5.88 Å². The third-order valence-corrected chi connectivity index (χ3v) is 4.13. The molecule has 0 aliphatic carbocycles. The third-order valence-electron chi connectivity index (χ3n) is 2.17. The minimum atomic E-state index is -0.376. The van der Waals surface area contributed by atoms with Crippen molar-refractivity contribution in [2.24, 2.45) is 0 Å². The van der Waals surface area contributed by atoms with Gasteiger partial charge in [-0.1, -0.05) is 12.1 Å². The molecule has 0 atom stereocenters. The number of para-hydroxylation sites is 1. The maximum Gasteiger partial charge on any atom is 0.165 e. The highest BCUT2D eigenvalue weighted by Gasteiger charge is 2.09. The standard InChI is InChI=1S/C12H9BrClFOS/c13-9-4-10(17-7-9)6-16-12-8(5-14)2-1-3-11(12)15/h1-4,7H,5-6H2. The number of halogens is 3. The van der Waals surface area contributed by atoms with Gasteiger partial charge in [0.1, 0.15) is 6.61 Å². The van der Waals surface area contributed by atoms with Gasteiger partial charge in [-0.05, 0) is 28.1 Å². The van der Waals surface area contributed by atoms with Crippen LogP contribution in [0.15, 0.2) is 34.1 Å². The summed E-state index contributed by atoms with van der Waals surface area (Å²) in [5, 5.41) is 1.96. The minimum absolute atomic E-state index is 0.237. The van der Waals surface area contributed by atoms with E-state index in [-0.39, 0.29) is 17.4 Å². The second kappa shape index (κ2) is 5.85. The first-order valence-corrected chi connectivity index (χ1v) is 7.10. The van der Waals surface area contributed by atoms with E-state index in [9.17, 15) is 4.39 Å². The number of benzene rings is 1. The maximum absolute atomic E-state index is 13.6. The topological polar surface area (TPSA) is 9.23 Å². The van der Waals surface area contributed by atoms with Gasteiger partial charge < -0.3 is 4.74 Å². The van der Waals surface area contributed by atoms with Crippen LogP contribution in [0.1, 0.15) is 10.4 Å². The smallest absolute Gasteiger partial charge is 0.165 e. The van der Waals surface area contributed by atoms with Gasteiger partial charge in [-0.3, -0.25) is 0 Å². The van der Waals surface area contributed by atoms with Gasteiger partial charge in [0.15, 0.2) is 11.6 Å². The molecule has 2 aromatic rings. The van der Waals surface area contributed by atoms with Gasteiger partial charge in [-0.2, -0.15) is 0 Å². The fourth-order valence-electron chi connectivity index (χ4n) is 1.39. The summed E-state index contributed by atoms with van der Waals surface area (Å²) < 4.78 is 20.1. The zero-order valence-corrected chi connectivity index (χ0v) is 11.9. The summed E-state index contributed by atoms with van der Waals surface area (Å²) in [6, 6.07) is 6.71. The quantitative estimate of drug-likeness (QED) is 0.717. The van der Waals surface area contributed by atoms with Crippen molar-refractivity contribution in [1.82, 2.24) is 0 Å². The van der Waals surface area contributed by atoms with Crippen LogP contribution >= 0.6 is 38.9 Å². The van der Waals surface area contributed by atoms with Gasteiger partial charge >= 0.3 is 0 Å². The highest BCUT2D eigenvalue weighted by molar-refractivity contribution is 9.10. The van der Waals surface area contributed by atoms with Crippen LogP contribution in [0.25, 0.3) is 0 Å². The molecule has 1 aromatic carbocycles. The Labute approximate surface area is 116 Å². The fourth-order valence-corrected chi connectivity index (χ4v) is 2.97. The molecule has 17 heavy (non-hydrogen) atoms. The lowest BCUT2D eigenvalue weighted by molar-refractivity contribution is 0.291. The molecule has 0 saturated carbocycles. The second-order valence-corrected chi connectivity index (χ2v) is 5.56. The number of ether oxygens (including phenoxy) is 1. The summed E-state index contributed by atoms with van der Waals surface area (Å²) in [6.45, 7) is 0.348. The maximum atomic E-state index is 13.6. The van der Waals surface area contributed by atoms with E-state index in [1.165, 1.54) is 6.07 Å². The van der Waals surface area contributed by atoms with Crippen LogP contribution in [-0.2, 0) is 12.5 Å². The molecule has 0 radical (unpaired) electrons. The van der Waals surface area contributed by atoms with Gasteiger partial charge in [-0.25, -0.2) is 4.39 Å². The summed E-state index contributed by atoms with van der Waals surface area (Å²) in [5.41, 5.74) is 0.669. The van der Waals surface area contributed by atoms with E-state index < -0.39 is 0 Å². The summed E-state index contributed by atoms with van der Waals surface area (Å²) in [6.07, 6.45) is 0. The lowest BCUT2D eigenvalue weighted by Crippen LogP contribution is -1.98. The van der Waals surface area contributed by atoms with Crippen LogP contribution in [0.2, 0.25) is 0 Å². The number of alkyl halides is 1. The van der Waals surface area contributed by atoms with E-state index in [1.54, 1.807) is 23.5 Å². The Hall–Kier alpha value is -0.580. The van der Waals surface area contributed by atoms with Crippen molar-refractivity contribution in [1.29, 1.82) is 0 Å². The molecule has 0 spiro atoms. The highest BCUT2D eigenvalue weighted by atomic mass is 79.9. The molecule has 90 valence electrons. The lowest BCUT2D eigenvalue weighted by atomic mass is 10.2. The first-order chi connectivity index (χ1) is 8.20. The molecular weight excluding hydrogens is 327 g/mol. The number of rotatable bonds is 4. The highest BCUT2D eigenvalue weighted by Crippen LogP contribution is 2.27. The molecule has 1 nitrogen and oxygen atoms in total. The van der Waals surface area contributed by atoms with Crippen LogP contribution in [0.5, 0.6) is 5.75 Å². The van der Waals surface area contributed by atoms with Crippen molar-refractivity contribution in [3.8, 4) is 5.75 Å². The van der Waals surface area contributed by atoms with Crippen molar-refractivity contribution in [3.63, 3.8) is 0 Å². The summed E-state index contributed by atoms with van der Waals surface area (Å²) >= 11 is 10.7. The Bertz CT molecular complexity index is 515. The van der Waals surface area contributed by atoms with Gasteiger partial charge in [0, 0.05) is 20.3 Å². The second-order valence-electron chi connectivity index (χ2n) is 3.38. The molecule has 0 unspecified atom stereocenters. The summed E-state index contributed by atoms with van der Waals surface area (Å²) in [7, 11) is 0. The normalized spacial score (nSPS) is 10.5. The van der Waals surface area contributed by atoms with Crippen LogP contribution in [0, 0.1) is 5.82 Å². The first kappa shape index (κ1) is 12.9. The SMILES string of the molecule is Fc1cccc(CCl)c1OCc1cc(Br)cs1. The van der Waals surface area contributed by atoms with Crippen LogP contribution in [-0.4, -0.2) is 0 Å². The Morgan fingerprint density at radius 3 is 2.88 bits per heavy atom. The third kappa shape index (κ3) is 3.21. The first-order valence-electron chi connectivity index (χ1n) is 4.90. The van der Waals surface area contributed by atoms with Crippen molar-refractivity contribution in [2.45, 2.75) is 12.5 Å². The average Bonchev–Trinajstić information content (AvgIpc) is 2.73. The van der Waals surface area contributed by atoms with E-state index in [2.05, 4.69) is 15.9 Å². The molecule has 1 aromatic heterocycles. The van der Waals surface area contributed by atoms with Crippen LogP contribution in [0.3, 0.4) is 0 Å². The number of hydrogen-bond acceptors (Lipinski definition) is 2. The molecule has 0 fully saturated rings. The molecule has 0 bridgehead atoms. The Morgan fingerprint density at radius 2 is 2.24 bits per heavy atom. The molecular formula is C12H9BrClFOS. The monoisotopic (exact) mass is 334 g/mol. The molecule has 0 aliphatic heterocycles. The number of hydrogen-bond donors (Lipinski definition) is 0. The molecule has 1 heterocycles. The van der Waals surface area contributed by atoms with Crippen molar-refractivity contribution >= 4 is 38.9 Å². The zero-order valence-electron chi connectivity index (χ0n) is 8.75. The minimum Gasteiger partial charge on any atom is -0.485 e. The van der Waals surface area contributed by atoms with E-state index in [0.717, 1.165) is 9.35 Å². The zero-order chi connectivity index (χ0) is 12.3. The van der Waals surface area contributed by atoms with Crippen LogP contribution in [0.4, 0.5) is 4.39 Å². The largest absolute Gasteiger partial charge is 0.485 e. The Balaban J connectivity index is 2.13. The Kier molecular flexibility index (Phi) is 4.42. The van der Waals surface area contributed by atoms with Crippen molar-refractivity contribution in [2.75, 3.05) is 0 Å². The fraction of sp³-hybridized carbons (Fsp3) is 0.167. The van der Waals surface area contributed by atoms with E-state index >= 15 is 0 Å². The molecule has 0 amide bonds. The average molecular weight is 336 g/mol. The summed E-state index contributed by atoms with van der Waals surface area (Å²) in [5.74, 6) is 0.104. The lowest BCUT2D eigenvalue weighted by Gasteiger charge is -2.09. The number of thiophene rings is 1. The van der Waals surface area contributed by atoms with E-state index in [4.69, 9.17) is 16.3 Å². The predicted octanol–water partition coefficient (Wildman–Crippen LogP) is 4.97. The van der Waals surface area contributed by atoms with Crippen molar-refractivity contribution < 1.29 is 9.13 Å². The van der Waals surface area contributed by atoms with Gasteiger partial charge in [0.25, 0.3) is 0 Å². The van der Waals surface area contributed by atoms with Gasteiger partial charge in [-0.15, -0.1) is 22.9 Å². The van der Waals surface area contributed by atoms with E-state index in [1.807, 2.05) is 11.4 Å². The molecule has 0 N–H and O–H groups in total. The molecule has 5 heteroatoms. The van der Waals surface area contributed by atoms with E-state index in [0.29, 0.717) is 12.2 Å². The van der Waals surface area contributed by atoms with Gasteiger partial charge in [0.2, 0.25) is 0 Å². The molecule has 0 saturated heterocycles. The van der Waals surface area contributed by atoms with Crippen LogP contribution < -0.4 is 4.74 Å².